The van der Waals surface area contributed by atoms with Crippen molar-refractivity contribution in [2.45, 2.75) is 18.9 Å². The summed E-state index contributed by atoms with van der Waals surface area (Å²) in [5.41, 5.74) is 0. The fourth-order valence-electron chi connectivity index (χ4n) is 1.96. The SMILES string of the molecule is O=C1CCC(CNc2nc(Cl)nc(-n3ccnc3)n2)N1. The van der Waals surface area contributed by atoms with Crippen LogP contribution in [0.15, 0.2) is 18.7 Å². The topological polar surface area (TPSA) is 97.6 Å². The number of halogens is 1. The van der Waals surface area contributed by atoms with E-state index >= 15 is 0 Å². The van der Waals surface area contributed by atoms with E-state index in [9.17, 15) is 4.79 Å². The Bertz CT molecular complexity index is 615. The highest BCUT2D eigenvalue weighted by molar-refractivity contribution is 6.28. The standard InChI is InChI=1S/C11H12ClN7O/c12-9-16-10(14-5-7-1-2-8(20)15-7)18-11(17-9)19-4-3-13-6-19/h3-4,6-7H,1-2,5H2,(H,15,20)(H,14,16,17,18). The first-order chi connectivity index (χ1) is 9.70. The van der Waals surface area contributed by atoms with Crippen LogP contribution in [0, 0.1) is 0 Å². The Labute approximate surface area is 119 Å². The van der Waals surface area contributed by atoms with Crippen molar-refractivity contribution in [3.05, 3.63) is 24.0 Å². The Kier molecular flexibility index (Phi) is 3.46. The zero-order valence-corrected chi connectivity index (χ0v) is 11.2. The lowest BCUT2D eigenvalue weighted by molar-refractivity contribution is -0.119. The minimum atomic E-state index is 0.0737. The summed E-state index contributed by atoms with van der Waals surface area (Å²) >= 11 is 5.88. The molecule has 1 atom stereocenters. The largest absolute Gasteiger partial charge is 0.352 e. The van der Waals surface area contributed by atoms with Crippen LogP contribution < -0.4 is 10.6 Å². The molecule has 0 radical (unpaired) electrons. The molecule has 0 aromatic carbocycles. The molecule has 2 aromatic heterocycles. The Hall–Kier alpha value is -2.22. The number of nitrogens with zero attached hydrogens (tertiary/aromatic N) is 5. The number of rotatable bonds is 4. The van der Waals surface area contributed by atoms with Crippen molar-refractivity contribution in [1.82, 2.24) is 29.8 Å². The zero-order chi connectivity index (χ0) is 13.9. The Morgan fingerprint density at radius 2 is 2.35 bits per heavy atom. The molecule has 1 fully saturated rings. The van der Waals surface area contributed by atoms with Crippen LogP contribution in [0.3, 0.4) is 0 Å². The molecule has 1 aliphatic rings. The molecule has 2 aromatic rings. The molecule has 1 saturated heterocycles. The van der Waals surface area contributed by atoms with Crippen molar-refractivity contribution in [3.63, 3.8) is 0 Å². The lowest BCUT2D eigenvalue weighted by Gasteiger charge is -2.11. The molecule has 104 valence electrons. The van der Waals surface area contributed by atoms with Crippen molar-refractivity contribution < 1.29 is 4.79 Å². The normalized spacial score (nSPS) is 18.1. The van der Waals surface area contributed by atoms with E-state index in [0.717, 1.165) is 6.42 Å². The van der Waals surface area contributed by atoms with Crippen molar-refractivity contribution >= 4 is 23.5 Å². The van der Waals surface area contributed by atoms with E-state index < -0.39 is 0 Å². The van der Waals surface area contributed by atoms with Crippen molar-refractivity contribution in [1.29, 1.82) is 0 Å². The third-order valence-corrected chi connectivity index (χ3v) is 3.09. The van der Waals surface area contributed by atoms with Crippen molar-refractivity contribution in [3.8, 4) is 5.95 Å². The van der Waals surface area contributed by atoms with Gasteiger partial charge in [0.05, 0.1) is 0 Å². The summed E-state index contributed by atoms with van der Waals surface area (Å²) in [6.07, 6.45) is 6.28. The average Bonchev–Trinajstić information content (AvgIpc) is 3.07. The van der Waals surface area contributed by atoms with Crippen LogP contribution in [-0.2, 0) is 4.79 Å². The van der Waals surface area contributed by atoms with Crippen LogP contribution in [0.5, 0.6) is 0 Å². The van der Waals surface area contributed by atoms with Gasteiger partial charge in [0.15, 0.2) is 0 Å². The first kappa shape index (κ1) is 12.8. The minimum Gasteiger partial charge on any atom is -0.352 e. The van der Waals surface area contributed by atoms with Crippen LogP contribution >= 0.6 is 11.6 Å². The van der Waals surface area contributed by atoms with Crippen LogP contribution in [0.4, 0.5) is 5.95 Å². The van der Waals surface area contributed by atoms with Crippen LogP contribution in [-0.4, -0.2) is 43.0 Å². The number of anilines is 1. The lowest BCUT2D eigenvalue weighted by atomic mass is 10.2. The first-order valence-corrected chi connectivity index (χ1v) is 6.51. The highest BCUT2D eigenvalue weighted by Crippen LogP contribution is 2.11. The molecule has 0 aliphatic carbocycles. The van der Waals surface area contributed by atoms with E-state index in [1.54, 1.807) is 23.3 Å². The number of nitrogens with one attached hydrogen (secondary N) is 2. The second kappa shape index (κ2) is 5.41. The quantitative estimate of drug-likeness (QED) is 0.847. The molecular formula is C11H12ClN7O. The molecule has 2 N–H and O–H groups in total. The number of aromatic nitrogens is 5. The molecular weight excluding hydrogens is 282 g/mol. The summed E-state index contributed by atoms with van der Waals surface area (Å²) in [4.78, 5) is 27.3. The predicted molar refractivity (Wildman–Crippen MR) is 71.6 cm³/mol. The molecule has 3 rings (SSSR count). The summed E-state index contributed by atoms with van der Waals surface area (Å²) in [5, 5.41) is 6.01. The number of carbonyl (C=O) groups is 1. The van der Waals surface area contributed by atoms with Gasteiger partial charge in [-0.25, -0.2) is 4.98 Å². The van der Waals surface area contributed by atoms with Gasteiger partial charge in [-0.3, -0.25) is 9.36 Å². The molecule has 3 heterocycles. The molecule has 0 bridgehead atoms. The Balaban J connectivity index is 1.71. The van der Waals surface area contributed by atoms with Gasteiger partial charge in [-0.1, -0.05) is 0 Å². The van der Waals surface area contributed by atoms with Gasteiger partial charge in [0.2, 0.25) is 23.1 Å². The summed E-state index contributed by atoms with van der Waals surface area (Å²) in [7, 11) is 0. The third kappa shape index (κ3) is 2.85. The molecule has 0 spiro atoms. The van der Waals surface area contributed by atoms with Gasteiger partial charge in [-0.2, -0.15) is 15.0 Å². The maximum Gasteiger partial charge on any atom is 0.241 e. The van der Waals surface area contributed by atoms with Gasteiger partial charge in [0, 0.05) is 31.4 Å². The van der Waals surface area contributed by atoms with Crippen LogP contribution in [0.2, 0.25) is 5.28 Å². The van der Waals surface area contributed by atoms with Gasteiger partial charge < -0.3 is 10.6 Å². The highest BCUT2D eigenvalue weighted by Gasteiger charge is 2.20. The Morgan fingerprint density at radius 3 is 3.05 bits per heavy atom. The summed E-state index contributed by atoms with van der Waals surface area (Å²) < 4.78 is 1.64. The van der Waals surface area contributed by atoms with Gasteiger partial charge in [0.1, 0.15) is 6.33 Å². The molecule has 9 heteroatoms. The molecule has 20 heavy (non-hydrogen) atoms. The number of imidazole rings is 1. The number of carbonyl (C=O) groups excluding carboxylic acids is 1. The summed E-state index contributed by atoms with van der Waals surface area (Å²) in [5.74, 6) is 0.833. The zero-order valence-electron chi connectivity index (χ0n) is 10.5. The summed E-state index contributed by atoms with van der Waals surface area (Å²) in [6, 6.07) is 0.0923. The second-order valence-corrected chi connectivity index (χ2v) is 4.72. The van der Waals surface area contributed by atoms with E-state index in [1.165, 1.54) is 0 Å². The summed E-state index contributed by atoms with van der Waals surface area (Å²) in [6.45, 7) is 0.551. The molecule has 0 saturated carbocycles. The monoisotopic (exact) mass is 293 g/mol. The van der Waals surface area contributed by atoms with E-state index in [-0.39, 0.29) is 17.2 Å². The minimum absolute atomic E-state index is 0.0737. The Morgan fingerprint density at radius 1 is 1.45 bits per heavy atom. The first-order valence-electron chi connectivity index (χ1n) is 6.14. The molecule has 1 unspecified atom stereocenters. The van der Waals surface area contributed by atoms with Crippen molar-refractivity contribution in [2.75, 3.05) is 11.9 Å². The number of hydrogen-bond donors (Lipinski definition) is 2. The highest BCUT2D eigenvalue weighted by atomic mass is 35.5. The predicted octanol–water partition coefficient (Wildman–Crippen LogP) is 0.401. The lowest BCUT2D eigenvalue weighted by Crippen LogP contribution is -2.32. The molecule has 1 aliphatic heterocycles. The van der Waals surface area contributed by atoms with Gasteiger partial charge in [0.25, 0.3) is 0 Å². The number of hydrogen-bond acceptors (Lipinski definition) is 6. The van der Waals surface area contributed by atoms with Gasteiger partial charge in [-0.15, -0.1) is 0 Å². The third-order valence-electron chi connectivity index (χ3n) is 2.92. The van der Waals surface area contributed by atoms with Crippen molar-refractivity contribution in [2.24, 2.45) is 0 Å². The maximum atomic E-state index is 11.1. The van der Waals surface area contributed by atoms with E-state index in [2.05, 4.69) is 30.6 Å². The van der Waals surface area contributed by atoms with E-state index in [0.29, 0.717) is 24.9 Å². The maximum absolute atomic E-state index is 11.1. The molecule has 1 amide bonds. The van der Waals surface area contributed by atoms with Gasteiger partial charge >= 0.3 is 0 Å². The van der Waals surface area contributed by atoms with Gasteiger partial charge in [-0.05, 0) is 18.0 Å². The molecule has 8 nitrogen and oxygen atoms in total. The van der Waals surface area contributed by atoms with E-state index in [4.69, 9.17) is 11.6 Å². The fourth-order valence-corrected chi connectivity index (χ4v) is 2.11. The smallest absolute Gasteiger partial charge is 0.241 e. The fraction of sp³-hybridized carbons (Fsp3) is 0.364. The second-order valence-electron chi connectivity index (χ2n) is 4.38. The van der Waals surface area contributed by atoms with E-state index in [1.807, 2.05) is 0 Å². The van der Waals surface area contributed by atoms with Crippen LogP contribution in [0.25, 0.3) is 5.95 Å². The average molecular weight is 294 g/mol. The van der Waals surface area contributed by atoms with Crippen LogP contribution in [0.1, 0.15) is 12.8 Å². The number of amides is 1.